The molecule has 0 spiro atoms. The van der Waals surface area contributed by atoms with Gasteiger partial charge >= 0.3 is 6.18 Å². The van der Waals surface area contributed by atoms with E-state index < -0.39 is 51.9 Å². The van der Waals surface area contributed by atoms with Crippen molar-refractivity contribution in [1.29, 1.82) is 0 Å². The summed E-state index contributed by atoms with van der Waals surface area (Å²) in [4.78, 5) is 29.0. The van der Waals surface area contributed by atoms with Gasteiger partial charge in [-0.1, -0.05) is 78.7 Å². The number of hydrogen-bond acceptors (Lipinski definition) is 4. The second kappa shape index (κ2) is 14.5. The number of amides is 2. The summed E-state index contributed by atoms with van der Waals surface area (Å²) in [6.07, 6.45) is -3.36. The maximum absolute atomic E-state index is 14.1. The van der Waals surface area contributed by atoms with Crippen LogP contribution in [0.15, 0.2) is 72.8 Å². The summed E-state index contributed by atoms with van der Waals surface area (Å²) in [7, 11) is -4.33. The molecule has 0 heterocycles. The quantitative estimate of drug-likeness (QED) is 0.247. The molecule has 13 heteroatoms. The molecule has 0 bridgehead atoms. The average Bonchev–Trinajstić information content (AvgIpc) is 2.94. The molecule has 0 saturated carbocycles. The van der Waals surface area contributed by atoms with E-state index in [1.807, 2.05) is 6.92 Å². The van der Waals surface area contributed by atoms with Crippen LogP contribution in [0.3, 0.4) is 0 Å². The Labute approximate surface area is 259 Å². The van der Waals surface area contributed by atoms with Gasteiger partial charge in [0.05, 0.1) is 22.5 Å². The fraction of sp³-hybridized carbons (Fsp3) is 0.333. The number of halogens is 5. The van der Waals surface area contributed by atoms with E-state index in [-0.39, 0.29) is 24.0 Å². The SMILES string of the molecule is CC[C@H](C)NC(=O)[C@@H](Cc1ccccc1)N(Cc1ccccc1Cl)C(=O)CN(c1cc(C(F)(F)F)ccc1Cl)S(C)(=O)=O. The molecule has 0 unspecified atom stereocenters. The van der Waals surface area contributed by atoms with Gasteiger partial charge in [0, 0.05) is 24.0 Å². The van der Waals surface area contributed by atoms with Crippen molar-refractivity contribution in [3.05, 3.63) is 99.5 Å². The molecular formula is C30H32Cl2F3N3O4S. The molecule has 2 atom stereocenters. The minimum Gasteiger partial charge on any atom is -0.352 e. The Balaban J connectivity index is 2.13. The molecule has 7 nitrogen and oxygen atoms in total. The van der Waals surface area contributed by atoms with Crippen LogP contribution in [0.5, 0.6) is 0 Å². The normalized spacial score (nSPS) is 13.2. The minimum atomic E-state index is -4.79. The number of hydrogen-bond donors (Lipinski definition) is 1. The van der Waals surface area contributed by atoms with Crippen LogP contribution < -0.4 is 9.62 Å². The summed E-state index contributed by atoms with van der Waals surface area (Å²) in [5.74, 6) is -1.33. The summed E-state index contributed by atoms with van der Waals surface area (Å²) in [6.45, 7) is 2.58. The van der Waals surface area contributed by atoms with Crippen molar-refractivity contribution in [2.45, 2.75) is 51.5 Å². The molecule has 3 aromatic rings. The van der Waals surface area contributed by atoms with Gasteiger partial charge in [-0.2, -0.15) is 13.2 Å². The molecule has 0 radical (unpaired) electrons. The number of rotatable bonds is 12. The van der Waals surface area contributed by atoms with Crippen molar-refractivity contribution in [3.8, 4) is 0 Å². The van der Waals surface area contributed by atoms with Gasteiger partial charge in [0.1, 0.15) is 12.6 Å². The second-order valence-corrected chi connectivity index (χ2v) is 12.8. The lowest BCUT2D eigenvalue weighted by Gasteiger charge is -2.34. The van der Waals surface area contributed by atoms with Crippen LogP contribution >= 0.6 is 23.2 Å². The lowest BCUT2D eigenvalue weighted by Crippen LogP contribution is -2.54. The third kappa shape index (κ3) is 9.35. The van der Waals surface area contributed by atoms with E-state index in [1.54, 1.807) is 61.5 Å². The van der Waals surface area contributed by atoms with Crippen LogP contribution in [-0.4, -0.2) is 50.0 Å². The van der Waals surface area contributed by atoms with Crippen LogP contribution in [0.2, 0.25) is 10.0 Å². The lowest BCUT2D eigenvalue weighted by atomic mass is 10.0. The number of carbonyl (C=O) groups excluding carboxylic acids is 2. The molecule has 3 aromatic carbocycles. The Morgan fingerprint density at radius 1 is 0.953 bits per heavy atom. The Morgan fingerprint density at radius 3 is 2.16 bits per heavy atom. The van der Waals surface area contributed by atoms with E-state index in [1.165, 1.54) is 4.90 Å². The minimum absolute atomic E-state index is 0.0719. The Hall–Kier alpha value is -3.28. The van der Waals surface area contributed by atoms with Crippen LogP contribution in [0.25, 0.3) is 0 Å². The van der Waals surface area contributed by atoms with Crippen molar-refractivity contribution in [1.82, 2.24) is 10.2 Å². The molecule has 1 N–H and O–H groups in total. The van der Waals surface area contributed by atoms with E-state index in [0.717, 1.165) is 17.9 Å². The van der Waals surface area contributed by atoms with Gasteiger partial charge in [-0.05, 0) is 48.7 Å². The molecule has 0 fully saturated rings. The summed E-state index contributed by atoms with van der Waals surface area (Å²) in [5.41, 5.74) is -0.455. The van der Waals surface area contributed by atoms with Gasteiger partial charge in [0.2, 0.25) is 21.8 Å². The molecular weight excluding hydrogens is 626 g/mol. The highest BCUT2D eigenvalue weighted by Gasteiger charge is 2.36. The van der Waals surface area contributed by atoms with Crippen LogP contribution in [0, 0.1) is 0 Å². The summed E-state index contributed by atoms with van der Waals surface area (Å²) in [6, 6.07) is 16.4. The van der Waals surface area contributed by atoms with Gasteiger partial charge in [-0.15, -0.1) is 0 Å². The van der Waals surface area contributed by atoms with E-state index in [0.29, 0.717) is 33.4 Å². The van der Waals surface area contributed by atoms with Gasteiger partial charge < -0.3 is 10.2 Å². The zero-order valence-electron chi connectivity index (χ0n) is 23.7. The second-order valence-electron chi connectivity index (χ2n) is 10.1. The first-order chi connectivity index (χ1) is 20.1. The Kier molecular flexibility index (Phi) is 11.5. The first kappa shape index (κ1) is 34.2. The molecule has 0 aliphatic heterocycles. The van der Waals surface area contributed by atoms with Crippen molar-refractivity contribution >= 4 is 50.7 Å². The topological polar surface area (TPSA) is 86.8 Å². The number of nitrogens with one attached hydrogen (secondary N) is 1. The molecule has 0 aromatic heterocycles. The number of anilines is 1. The summed E-state index contributed by atoms with van der Waals surface area (Å²) >= 11 is 12.6. The molecule has 43 heavy (non-hydrogen) atoms. The summed E-state index contributed by atoms with van der Waals surface area (Å²) < 4.78 is 66.9. The van der Waals surface area contributed by atoms with E-state index in [4.69, 9.17) is 23.2 Å². The van der Waals surface area contributed by atoms with Crippen LogP contribution in [0.1, 0.15) is 37.0 Å². The standard InChI is InChI=1S/C30H32Cl2F3N3O4S/c1-4-20(2)36-29(40)27(16-21-10-6-5-7-11-21)37(18-22-12-8-9-13-24(22)31)28(39)19-38(43(3,41)42)26-17-23(30(33,34)35)14-15-25(26)32/h5-15,17,20,27H,4,16,18-19H2,1-3H3,(H,36,40)/t20-,27+/m0/s1. The highest BCUT2D eigenvalue weighted by Crippen LogP contribution is 2.36. The molecule has 0 saturated heterocycles. The Morgan fingerprint density at radius 2 is 1.58 bits per heavy atom. The van der Waals surface area contributed by atoms with Crippen molar-refractivity contribution in [2.24, 2.45) is 0 Å². The number of sulfonamides is 1. The maximum atomic E-state index is 14.1. The van der Waals surface area contributed by atoms with Gasteiger partial charge in [0.15, 0.2) is 0 Å². The predicted molar refractivity (Wildman–Crippen MR) is 162 cm³/mol. The van der Waals surface area contributed by atoms with Crippen molar-refractivity contribution in [2.75, 3.05) is 17.1 Å². The fourth-order valence-electron chi connectivity index (χ4n) is 4.28. The zero-order valence-corrected chi connectivity index (χ0v) is 26.1. The molecule has 0 aliphatic rings. The zero-order chi connectivity index (χ0) is 31.9. The average molecular weight is 659 g/mol. The van der Waals surface area contributed by atoms with Crippen molar-refractivity contribution < 1.29 is 31.2 Å². The Bertz CT molecular complexity index is 1540. The largest absolute Gasteiger partial charge is 0.416 e. The maximum Gasteiger partial charge on any atom is 0.416 e. The van der Waals surface area contributed by atoms with Gasteiger partial charge in [-0.3, -0.25) is 13.9 Å². The summed E-state index contributed by atoms with van der Waals surface area (Å²) in [5, 5.41) is 2.89. The van der Waals surface area contributed by atoms with E-state index >= 15 is 0 Å². The molecule has 2 amide bonds. The molecule has 0 aliphatic carbocycles. The fourth-order valence-corrected chi connectivity index (χ4v) is 5.60. The first-order valence-electron chi connectivity index (χ1n) is 13.3. The molecule has 232 valence electrons. The highest BCUT2D eigenvalue weighted by atomic mass is 35.5. The predicted octanol–water partition coefficient (Wildman–Crippen LogP) is 6.33. The number of alkyl halides is 3. The smallest absolute Gasteiger partial charge is 0.352 e. The number of carbonyl (C=O) groups is 2. The lowest BCUT2D eigenvalue weighted by molar-refractivity contribution is -0.140. The number of nitrogens with zero attached hydrogens (tertiary/aromatic N) is 2. The monoisotopic (exact) mass is 657 g/mol. The van der Waals surface area contributed by atoms with E-state index in [2.05, 4.69) is 5.32 Å². The third-order valence-electron chi connectivity index (χ3n) is 6.79. The number of benzene rings is 3. The van der Waals surface area contributed by atoms with Crippen LogP contribution in [0.4, 0.5) is 18.9 Å². The van der Waals surface area contributed by atoms with Crippen molar-refractivity contribution in [3.63, 3.8) is 0 Å². The van der Waals surface area contributed by atoms with Gasteiger partial charge in [-0.25, -0.2) is 8.42 Å². The van der Waals surface area contributed by atoms with Crippen LogP contribution in [-0.2, 0) is 38.8 Å². The first-order valence-corrected chi connectivity index (χ1v) is 15.9. The highest BCUT2D eigenvalue weighted by molar-refractivity contribution is 7.92. The van der Waals surface area contributed by atoms with E-state index in [9.17, 15) is 31.2 Å². The third-order valence-corrected chi connectivity index (χ3v) is 8.61. The molecule has 3 rings (SSSR count). The van der Waals surface area contributed by atoms with Gasteiger partial charge in [0.25, 0.3) is 0 Å².